The van der Waals surface area contributed by atoms with E-state index in [1.54, 1.807) is 7.11 Å². The first-order valence-corrected chi connectivity index (χ1v) is 10.3. The molecule has 0 aromatic heterocycles. The van der Waals surface area contributed by atoms with E-state index >= 15 is 0 Å². The average Bonchev–Trinajstić information content (AvgIpc) is 2.66. The van der Waals surface area contributed by atoms with Crippen molar-refractivity contribution in [3.63, 3.8) is 0 Å². The third kappa shape index (κ3) is 7.61. The zero-order chi connectivity index (χ0) is 19.5. The molecule has 0 saturated carbocycles. The van der Waals surface area contributed by atoms with Crippen LogP contribution in [-0.2, 0) is 13.2 Å². The maximum absolute atomic E-state index is 6.45. The average molecular weight is 410 g/mol. The van der Waals surface area contributed by atoms with Gasteiger partial charge in [-0.25, -0.2) is 0 Å². The van der Waals surface area contributed by atoms with Gasteiger partial charge in [-0.05, 0) is 48.4 Å². The van der Waals surface area contributed by atoms with Crippen LogP contribution in [0.2, 0.25) is 10.0 Å². The Bertz CT molecular complexity index is 707. The zero-order valence-corrected chi connectivity index (χ0v) is 17.7. The Labute approximate surface area is 173 Å². The SMILES string of the molecule is CCCCCCCNCc1cc(Cl)c(OCc2cccc(Cl)c2)c(OC)c1. The van der Waals surface area contributed by atoms with Crippen molar-refractivity contribution in [2.45, 2.75) is 52.2 Å². The first kappa shape index (κ1) is 21.9. The number of halogens is 2. The normalized spacial score (nSPS) is 10.8. The van der Waals surface area contributed by atoms with E-state index in [4.69, 9.17) is 32.7 Å². The van der Waals surface area contributed by atoms with E-state index in [1.165, 1.54) is 32.1 Å². The third-order valence-electron chi connectivity index (χ3n) is 4.35. The summed E-state index contributed by atoms with van der Waals surface area (Å²) in [6.45, 7) is 4.39. The highest BCUT2D eigenvalue weighted by Crippen LogP contribution is 2.37. The molecule has 0 unspecified atom stereocenters. The highest BCUT2D eigenvalue weighted by Gasteiger charge is 2.12. The van der Waals surface area contributed by atoms with Gasteiger partial charge in [-0.1, -0.05) is 67.9 Å². The summed E-state index contributed by atoms with van der Waals surface area (Å²) in [5.74, 6) is 1.20. The van der Waals surface area contributed by atoms with Crippen LogP contribution in [0.25, 0.3) is 0 Å². The summed E-state index contributed by atoms with van der Waals surface area (Å²) in [6, 6.07) is 11.5. The Hall–Kier alpha value is -1.42. The summed E-state index contributed by atoms with van der Waals surface area (Å²) in [7, 11) is 1.63. The van der Waals surface area contributed by atoms with Crippen LogP contribution in [0, 0.1) is 0 Å². The van der Waals surface area contributed by atoms with Crippen molar-refractivity contribution in [2.75, 3.05) is 13.7 Å². The molecule has 2 rings (SSSR count). The molecule has 0 heterocycles. The van der Waals surface area contributed by atoms with Crippen molar-refractivity contribution in [1.82, 2.24) is 5.32 Å². The summed E-state index contributed by atoms with van der Waals surface area (Å²) in [5, 5.41) is 4.71. The van der Waals surface area contributed by atoms with Gasteiger partial charge < -0.3 is 14.8 Å². The van der Waals surface area contributed by atoms with Crippen LogP contribution in [0.4, 0.5) is 0 Å². The molecule has 3 nitrogen and oxygen atoms in total. The van der Waals surface area contributed by atoms with Gasteiger partial charge in [-0.3, -0.25) is 0 Å². The lowest BCUT2D eigenvalue weighted by molar-refractivity contribution is 0.284. The van der Waals surface area contributed by atoms with E-state index in [2.05, 4.69) is 12.2 Å². The van der Waals surface area contributed by atoms with Crippen LogP contribution in [0.3, 0.4) is 0 Å². The summed E-state index contributed by atoms with van der Waals surface area (Å²) >= 11 is 12.5. The molecule has 0 amide bonds. The van der Waals surface area contributed by atoms with Crippen LogP contribution in [-0.4, -0.2) is 13.7 Å². The minimum absolute atomic E-state index is 0.381. The van der Waals surface area contributed by atoms with Gasteiger partial charge in [-0.15, -0.1) is 0 Å². The number of ether oxygens (including phenoxy) is 2. The lowest BCUT2D eigenvalue weighted by Gasteiger charge is -2.15. The van der Waals surface area contributed by atoms with Crippen molar-refractivity contribution in [3.8, 4) is 11.5 Å². The number of benzene rings is 2. The fraction of sp³-hybridized carbons (Fsp3) is 0.455. The van der Waals surface area contributed by atoms with Crippen molar-refractivity contribution in [2.24, 2.45) is 0 Å². The molecule has 27 heavy (non-hydrogen) atoms. The predicted molar refractivity (Wildman–Crippen MR) is 114 cm³/mol. The Morgan fingerprint density at radius 1 is 0.963 bits per heavy atom. The van der Waals surface area contributed by atoms with Gasteiger partial charge in [-0.2, -0.15) is 0 Å². The maximum atomic E-state index is 6.45. The maximum Gasteiger partial charge on any atom is 0.180 e. The van der Waals surface area contributed by atoms with E-state index in [0.29, 0.717) is 28.2 Å². The van der Waals surface area contributed by atoms with Crippen LogP contribution < -0.4 is 14.8 Å². The minimum atomic E-state index is 0.381. The Morgan fingerprint density at radius 3 is 2.52 bits per heavy atom. The van der Waals surface area contributed by atoms with Gasteiger partial charge in [0.15, 0.2) is 11.5 Å². The van der Waals surface area contributed by atoms with E-state index in [9.17, 15) is 0 Å². The largest absolute Gasteiger partial charge is 0.493 e. The topological polar surface area (TPSA) is 30.5 Å². The molecular weight excluding hydrogens is 381 g/mol. The van der Waals surface area contributed by atoms with Gasteiger partial charge in [0.1, 0.15) is 6.61 Å². The molecule has 2 aromatic carbocycles. The molecular formula is C22H29Cl2NO2. The lowest BCUT2D eigenvalue weighted by atomic mass is 10.1. The highest BCUT2D eigenvalue weighted by molar-refractivity contribution is 6.32. The molecule has 0 aliphatic heterocycles. The molecule has 0 radical (unpaired) electrons. The van der Waals surface area contributed by atoms with Gasteiger partial charge >= 0.3 is 0 Å². The van der Waals surface area contributed by atoms with Crippen LogP contribution in [0.1, 0.15) is 50.2 Å². The van der Waals surface area contributed by atoms with Gasteiger partial charge in [0.05, 0.1) is 12.1 Å². The second kappa shape index (κ2) is 12.1. The summed E-state index contributed by atoms with van der Waals surface area (Å²) < 4.78 is 11.4. The number of methoxy groups -OCH3 is 1. The molecule has 0 fully saturated rings. The van der Waals surface area contributed by atoms with Crippen molar-refractivity contribution in [1.29, 1.82) is 0 Å². The standard InChI is InChI=1S/C22H29Cl2NO2/c1-3-4-5-6-7-11-25-15-18-13-20(24)22(21(14-18)26-2)27-16-17-9-8-10-19(23)12-17/h8-10,12-14,25H,3-7,11,15-16H2,1-2H3. The predicted octanol–water partition coefficient (Wildman–Crippen LogP) is 6.64. The van der Waals surface area contributed by atoms with E-state index in [0.717, 1.165) is 24.2 Å². The van der Waals surface area contributed by atoms with Crippen LogP contribution in [0.15, 0.2) is 36.4 Å². The second-order valence-electron chi connectivity index (χ2n) is 6.62. The van der Waals surface area contributed by atoms with E-state index < -0.39 is 0 Å². The number of unbranched alkanes of at least 4 members (excludes halogenated alkanes) is 4. The first-order valence-electron chi connectivity index (χ1n) is 9.58. The van der Waals surface area contributed by atoms with Crippen molar-refractivity contribution < 1.29 is 9.47 Å². The van der Waals surface area contributed by atoms with Crippen LogP contribution >= 0.6 is 23.2 Å². The van der Waals surface area contributed by atoms with Crippen LogP contribution in [0.5, 0.6) is 11.5 Å². The molecule has 0 spiro atoms. The summed E-state index contributed by atoms with van der Waals surface area (Å²) in [6.07, 6.45) is 6.39. The molecule has 0 atom stereocenters. The molecule has 0 aliphatic carbocycles. The molecule has 0 bridgehead atoms. The van der Waals surface area contributed by atoms with Crippen molar-refractivity contribution >= 4 is 23.2 Å². The lowest BCUT2D eigenvalue weighted by Crippen LogP contribution is -2.14. The molecule has 5 heteroatoms. The fourth-order valence-corrected chi connectivity index (χ4v) is 3.38. The smallest absolute Gasteiger partial charge is 0.180 e. The second-order valence-corrected chi connectivity index (χ2v) is 7.46. The molecule has 148 valence electrons. The van der Waals surface area contributed by atoms with Gasteiger partial charge in [0.2, 0.25) is 0 Å². The summed E-state index contributed by atoms with van der Waals surface area (Å²) in [4.78, 5) is 0. The van der Waals surface area contributed by atoms with Crippen molar-refractivity contribution in [3.05, 3.63) is 57.6 Å². The molecule has 2 aromatic rings. The Kier molecular flexibility index (Phi) is 9.82. The van der Waals surface area contributed by atoms with Gasteiger partial charge in [0, 0.05) is 11.6 Å². The zero-order valence-electron chi connectivity index (χ0n) is 16.2. The van der Waals surface area contributed by atoms with E-state index in [-0.39, 0.29) is 0 Å². The highest BCUT2D eigenvalue weighted by atomic mass is 35.5. The molecule has 0 saturated heterocycles. The summed E-state index contributed by atoms with van der Waals surface area (Å²) in [5.41, 5.74) is 2.06. The van der Waals surface area contributed by atoms with E-state index in [1.807, 2.05) is 36.4 Å². The quantitative estimate of drug-likeness (QED) is 0.398. The monoisotopic (exact) mass is 409 g/mol. The number of hydrogen-bond acceptors (Lipinski definition) is 3. The molecule has 0 aliphatic rings. The van der Waals surface area contributed by atoms with Gasteiger partial charge in [0.25, 0.3) is 0 Å². The third-order valence-corrected chi connectivity index (χ3v) is 4.86. The minimum Gasteiger partial charge on any atom is -0.493 e. The number of rotatable bonds is 12. The molecule has 1 N–H and O–H groups in total. The fourth-order valence-electron chi connectivity index (χ4n) is 2.88. The number of nitrogens with one attached hydrogen (secondary N) is 1. The number of hydrogen-bond donors (Lipinski definition) is 1. The Morgan fingerprint density at radius 2 is 1.78 bits per heavy atom. The Balaban J connectivity index is 1.90. The first-order chi connectivity index (χ1) is 13.1.